The Balaban J connectivity index is 0.00000280. The number of nitrogens with zero attached hydrogens (tertiary/aromatic N) is 3. The highest BCUT2D eigenvalue weighted by molar-refractivity contribution is 14.0. The number of aliphatic imine (C=N–C) groups is 1. The number of guanidine groups is 1. The lowest BCUT2D eigenvalue weighted by molar-refractivity contribution is 0.195. The standard InChI is InChI=1S/C22H31N5.HI/c1-3-23-22(25-14-11-21-10-6-7-13-24-21)26-16-18(2)27-15-12-19-8-4-5-9-20(19)17-27;/h4-10,13,18H,3,11-12,14-17H2,1-2H3,(H2,23,25,26);1H. The summed E-state index contributed by atoms with van der Waals surface area (Å²) in [5.41, 5.74) is 4.05. The van der Waals surface area contributed by atoms with E-state index >= 15 is 0 Å². The summed E-state index contributed by atoms with van der Waals surface area (Å²) in [4.78, 5) is 11.7. The normalized spacial score (nSPS) is 15.3. The van der Waals surface area contributed by atoms with E-state index in [4.69, 9.17) is 4.99 Å². The molecular formula is C22H32IN5. The number of fused-ring (bicyclic) bond motifs is 1. The summed E-state index contributed by atoms with van der Waals surface area (Å²) >= 11 is 0. The van der Waals surface area contributed by atoms with E-state index in [-0.39, 0.29) is 24.0 Å². The van der Waals surface area contributed by atoms with Gasteiger partial charge >= 0.3 is 0 Å². The van der Waals surface area contributed by atoms with E-state index in [0.717, 1.165) is 57.2 Å². The van der Waals surface area contributed by atoms with E-state index in [2.05, 4.69) is 64.7 Å². The molecule has 0 spiro atoms. The van der Waals surface area contributed by atoms with Crippen LogP contribution in [0.3, 0.4) is 0 Å². The SMILES string of the molecule is CCNC(=NCC(C)N1CCc2ccccc2C1)NCCc1ccccn1.I. The van der Waals surface area contributed by atoms with Gasteiger partial charge in [-0.25, -0.2) is 0 Å². The maximum atomic E-state index is 4.81. The smallest absolute Gasteiger partial charge is 0.191 e. The van der Waals surface area contributed by atoms with Crippen molar-refractivity contribution in [3.8, 4) is 0 Å². The van der Waals surface area contributed by atoms with Crippen LogP contribution < -0.4 is 10.6 Å². The van der Waals surface area contributed by atoms with Crippen LogP contribution in [0.5, 0.6) is 0 Å². The van der Waals surface area contributed by atoms with Gasteiger partial charge in [0.1, 0.15) is 0 Å². The van der Waals surface area contributed by atoms with Crippen LogP contribution in [-0.2, 0) is 19.4 Å². The second kappa shape index (κ2) is 12.0. The first-order valence-electron chi connectivity index (χ1n) is 9.99. The maximum absolute atomic E-state index is 4.81. The van der Waals surface area contributed by atoms with Gasteiger partial charge in [-0.3, -0.25) is 14.9 Å². The molecule has 2 aromatic rings. The van der Waals surface area contributed by atoms with Crippen molar-refractivity contribution in [1.82, 2.24) is 20.5 Å². The summed E-state index contributed by atoms with van der Waals surface area (Å²) < 4.78 is 0. The summed E-state index contributed by atoms with van der Waals surface area (Å²) in [6.45, 7) is 8.99. The quantitative estimate of drug-likeness (QED) is 0.354. The van der Waals surface area contributed by atoms with Crippen LogP contribution in [0.15, 0.2) is 53.7 Å². The summed E-state index contributed by atoms with van der Waals surface area (Å²) in [5.74, 6) is 0.887. The van der Waals surface area contributed by atoms with Crippen molar-refractivity contribution in [1.29, 1.82) is 0 Å². The second-order valence-corrected chi connectivity index (χ2v) is 7.06. The fourth-order valence-electron chi connectivity index (χ4n) is 3.43. The van der Waals surface area contributed by atoms with Gasteiger partial charge in [0.15, 0.2) is 5.96 Å². The van der Waals surface area contributed by atoms with E-state index in [1.807, 2.05) is 18.3 Å². The molecule has 0 saturated carbocycles. The number of aromatic nitrogens is 1. The number of pyridine rings is 1. The fraction of sp³-hybridized carbons (Fsp3) is 0.455. The first kappa shape index (κ1) is 22.6. The lowest BCUT2D eigenvalue weighted by Crippen LogP contribution is -2.42. The largest absolute Gasteiger partial charge is 0.357 e. The van der Waals surface area contributed by atoms with Gasteiger partial charge in [-0.05, 0) is 43.5 Å². The average Bonchev–Trinajstić information content (AvgIpc) is 2.72. The van der Waals surface area contributed by atoms with Crippen LogP contribution in [0.2, 0.25) is 0 Å². The highest BCUT2D eigenvalue weighted by Gasteiger charge is 2.20. The van der Waals surface area contributed by atoms with Gasteiger partial charge in [-0.15, -0.1) is 24.0 Å². The third-order valence-electron chi connectivity index (χ3n) is 5.04. The van der Waals surface area contributed by atoms with E-state index in [1.165, 1.54) is 11.1 Å². The Morgan fingerprint density at radius 2 is 1.93 bits per heavy atom. The second-order valence-electron chi connectivity index (χ2n) is 7.06. The molecule has 1 aliphatic heterocycles. The Hall–Kier alpha value is -1.67. The van der Waals surface area contributed by atoms with Crippen LogP contribution in [0, 0.1) is 0 Å². The molecule has 0 bridgehead atoms. The molecule has 2 heterocycles. The van der Waals surface area contributed by atoms with Crippen LogP contribution in [0.4, 0.5) is 0 Å². The molecule has 152 valence electrons. The van der Waals surface area contributed by atoms with E-state index in [0.29, 0.717) is 6.04 Å². The minimum absolute atomic E-state index is 0. The molecule has 1 aromatic carbocycles. The molecular weight excluding hydrogens is 461 g/mol. The van der Waals surface area contributed by atoms with Crippen LogP contribution in [0.25, 0.3) is 0 Å². The molecule has 3 rings (SSSR count). The number of rotatable bonds is 7. The topological polar surface area (TPSA) is 52.6 Å². The molecule has 2 N–H and O–H groups in total. The average molecular weight is 493 g/mol. The lowest BCUT2D eigenvalue weighted by atomic mass is 9.99. The highest BCUT2D eigenvalue weighted by Crippen LogP contribution is 2.20. The first-order chi connectivity index (χ1) is 13.3. The van der Waals surface area contributed by atoms with Crippen molar-refractivity contribution in [3.05, 3.63) is 65.5 Å². The highest BCUT2D eigenvalue weighted by atomic mass is 127. The van der Waals surface area contributed by atoms with Gasteiger partial charge in [0.05, 0.1) is 6.54 Å². The first-order valence-corrected chi connectivity index (χ1v) is 9.99. The predicted molar refractivity (Wildman–Crippen MR) is 127 cm³/mol. The summed E-state index contributed by atoms with van der Waals surface area (Å²) in [5, 5.41) is 6.77. The molecule has 0 aliphatic carbocycles. The van der Waals surface area contributed by atoms with Crippen molar-refractivity contribution in [2.45, 2.75) is 39.3 Å². The van der Waals surface area contributed by atoms with Gasteiger partial charge in [-0.2, -0.15) is 0 Å². The Morgan fingerprint density at radius 1 is 1.14 bits per heavy atom. The van der Waals surface area contributed by atoms with Gasteiger partial charge in [0.25, 0.3) is 0 Å². The molecule has 1 aliphatic rings. The zero-order valence-corrected chi connectivity index (χ0v) is 19.2. The van der Waals surface area contributed by atoms with E-state index < -0.39 is 0 Å². The minimum atomic E-state index is 0. The Morgan fingerprint density at radius 3 is 2.68 bits per heavy atom. The van der Waals surface area contributed by atoms with Crippen LogP contribution in [0.1, 0.15) is 30.7 Å². The summed E-state index contributed by atoms with van der Waals surface area (Å²) in [6, 6.07) is 15.2. The van der Waals surface area contributed by atoms with Gasteiger partial charge < -0.3 is 10.6 Å². The zero-order valence-electron chi connectivity index (χ0n) is 16.9. The van der Waals surface area contributed by atoms with Gasteiger partial charge in [0.2, 0.25) is 0 Å². The fourth-order valence-corrected chi connectivity index (χ4v) is 3.43. The summed E-state index contributed by atoms with van der Waals surface area (Å²) in [7, 11) is 0. The van der Waals surface area contributed by atoms with E-state index in [1.54, 1.807) is 0 Å². The molecule has 28 heavy (non-hydrogen) atoms. The Kier molecular flexibility index (Phi) is 9.70. The van der Waals surface area contributed by atoms with E-state index in [9.17, 15) is 0 Å². The van der Waals surface area contributed by atoms with Crippen molar-refractivity contribution in [2.75, 3.05) is 26.2 Å². The molecule has 0 amide bonds. The van der Waals surface area contributed by atoms with Gasteiger partial charge in [-0.1, -0.05) is 30.3 Å². The molecule has 0 saturated heterocycles. The molecule has 1 atom stereocenters. The predicted octanol–water partition coefficient (Wildman–Crippen LogP) is 3.24. The van der Waals surface area contributed by atoms with Crippen molar-refractivity contribution >= 4 is 29.9 Å². The molecule has 6 heteroatoms. The Bertz CT molecular complexity index is 735. The lowest BCUT2D eigenvalue weighted by Gasteiger charge is -2.33. The zero-order chi connectivity index (χ0) is 18.9. The maximum Gasteiger partial charge on any atom is 0.191 e. The molecule has 0 fully saturated rings. The van der Waals surface area contributed by atoms with Crippen molar-refractivity contribution in [2.24, 2.45) is 4.99 Å². The molecule has 0 radical (unpaired) electrons. The molecule has 1 aromatic heterocycles. The van der Waals surface area contributed by atoms with Crippen LogP contribution >= 0.6 is 24.0 Å². The molecule has 1 unspecified atom stereocenters. The van der Waals surface area contributed by atoms with Crippen molar-refractivity contribution < 1.29 is 0 Å². The van der Waals surface area contributed by atoms with Crippen molar-refractivity contribution in [3.63, 3.8) is 0 Å². The number of halogens is 1. The Labute approximate surface area is 186 Å². The summed E-state index contributed by atoms with van der Waals surface area (Å²) in [6.07, 6.45) is 3.86. The minimum Gasteiger partial charge on any atom is -0.357 e. The number of nitrogens with one attached hydrogen (secondary N) is 2. The van der Waals surface area contributed by atoms with Gasteiger partial charge in [0, 0.05) is 50.5 Å². The third kappa shape index (κ3) is 6.74. The number of hydrogen-bond donors (Lipinski definition) is 2. The monoisotopic (exact) mass is 493 g/mol. The third-order valence-corrected chi connectivity index (χ3v) is 5.04. The number of hydrogen-bond acceptors (Lipinski definition) is 3. The van der Waals surface area contributed by atoms with Crippen LogP contribution in [-0.4, -0.2) is 48.1 Å². The number of benzene rings is 1. The molecule has 5 nitrogen and oxygen atoms in total.